The van der Waals surface area contributed by atoms with E-state index in [1.165, 1.54) is 13.3 Å². The number of carbonyl (C=O) groups excluding carboxylic acids is 2. The molecule has 1 aromatic heterocycles. The predicted molar refractivity (Wildman–Crippen MR) is 105 cm³/mol. The van der Waals surface area contributed by atoms with Gasteiger partial charge in [-0.25, -0.2) is 10.2 Å². The van der Waals surface area contributed by atoms with E-state index in [2.05, 4.69) is 15.5 Å². The molecule has 28 heavy (non-hydrogen) atoms. The first-order valence-electron chi connectivity index (χ1n) is 8.93. The summed E-state index contributed by atoms with van der Waals surface area (Å²) in [6.07, 6.45) is 1.45. The molecule has 0 atom stereocenters. The fourth-order valence-electron chi connectivity index (χ4n) is 2.72. The van der Waals surface area contributed by atoms with Crippen LogP contribution in [0.4, 0.5) is 0 Å². The molecule has 2 N–H and O–H groups in total. The number of H-pyrrole nitrogens is 1. The van der Waals surface area contributed by atoms with Crippen molar-refractivity contribution in [2.24, 2.45) is 5.10 Å². The minimum Gasteiger partial charge on any atom is -0.493 e. The number of nitrogens with one attached hydrogen (secondary N) is 2. The highest BCUT2D eigenvalue weighted by Crippen LogP contribution is 2.28. The average molecular weight is 387 g/mol. The van der Waals surface area contributed by atoms with Gasteiger partial charge in [-0.3, -0.25) is 4.79 Å². The molecule has 0 unspecified atom stereocenters. The predicted octanol–water partition coefficient (Wildman–Crippen LogP) is 2.98. The number of hydrazone groups is 1. The van der Waals surface area contributed by atoms with Crippen molar-refractivity contribution in [2.75, 3.05) is 20.3 Å². The fourth-order valence-corrected chi connectivity index (χ4v) is 2.72. The number of aromatic amines is 1. The van der Waals surface area contributed by atoms with Gasteiger partial charge in [0.15, 0.2) is 11.5 Å². The molecule has 0 aliphatic heterocycles. The molecular weight excluding hydrogens is 362 g/mol. The molecular formula is C20H25N3O5. The van der Waals surface area contributed by atoms with Crippen LogP contribution in [0.5, 0.6) is 11.5 Å². The zero-order chi connectivity index (χ0) is 20.7. The molecule has 0 aliphatic rings. The second-order valence-corrected chi connectivity index (χ2v) is 5.88. The van der Waals surface area contributed by atoms with Gasteiger partial charge in [0, 0.05) is 11.3 Å². The third-order valence-corrected chi connectivity index (χ3v) is 4.04. The molecule has 1 heterocycles. The van der Waals surface area contributed by atoms with E-state index in [-0.39, 0.29) is 5.97 Å². The summed E-state index contributed by atoms with van der Waals surface area (Å²) in [7, 11) is 1.51. The van der Waals surface area contributed by atoms with Gasteiger partial charge in [-0.2, -0.15) is 5.10 Å². The highest BCUT2D eigenvalue weighted by molar-refractivity contribution is 5.97. The van der Waals surface area contributed by atoms with Gasteiger partial charge in [0.05, 0.1) is 37.8 Å². The van der Waals surface area contributed by atoms with Gasteiger partial charge in [-0.15, -0.1) is 0 Å². The molecule has 8 heteroatoms. The van der Waals surface area contributed by atoms with Crippen LogP contribution in [0.2, 0.25) is 0 Å². The number of esters is 1. The summed E-state index contributed by atoms with van der Waals surface area (Å²) < 4.78 is 15.7. The number of nitrogens with zero attached hydrogens (tertiary/aromatic N) is 1. The van der Waals surface area contributed by atoms with Crippen LogP contribution in [-0.2, 0) is 4.74 Å². The first-order valence-corrected chi connectivity index (χ1v) is 8.93. The highest BCUT2D eigenvalue weighted by atomic mass is 16.5. The molecule has 2 rings (SSSR count). The van der Waals surface area contributed by atoms with E-state index in [0.717, 1.165) is 0 Å². The van der Waals surface area contributed by atoms with Gasteiger partial charge in [-0.1, -0.05) is 0 Å². The Kier molecular flexibility index (Phi) is 7.20. The van der Waals surface area contributed by atoms with Gasteiger partial charge >= 0.3 is 5.97 Å². The molecule has 0 bridgehead atoms. The number of aryl methyl sites for hydroxylation is 1. The summed E-state index contributed by atoms with van der Waals surface area (Å²) in [6, 6.07) is 4.88. The van der Waals surface area contributed by atoms with Crippen LogP contribution in [0.25, 0.3) is 0 Å². The molecule has 0 spiro atoms. The molecule has 1 aromatic carbocycles. The molecule has 2 aromatic rings. The van der Waals surface area contributed by atoms with Crippen LogP contribution in [0, 0.1) is 13.8 Å². The Labute approximate surface area is 163 Å². The lowest BCUT2D eigenvalue weighted by atomic mass is 10.1. The van der Waals surface area contributed by atoms with E-state index < -0.39 is 5.91 Å². The van der Waals surface area contributed by atoms with Gasteiger partial charge in [0.2, 0.25) is 0 Å². The maximum Gasteiger partial charge on any atom is 0.340 e. The molecule has 1 amide bonds. The molecule has 0 aliphatic carbocycles. The van der Waals surface area contributed by atoms with E-state index >= 15 is 0 Å². The Morgan fingerprint density at radius 3 is 2.57 bits per heavy atom. The van der Waals surface area contributed by atoms with E-state index in [1.54, 1.807) is 39.0 Å². The Morgan fingerprint density at radius 1 is 1.18 bits per heavy atom. The molecule has 0 saturated carbocycles. The minimum atomic E-state index is -0.399. The summed E-state index contributed by atoms with van der Waals surface area (Å²) in [4.78, 5) is 27.4. The second kappa shape index (κ2) is 9.59. The van der Waals surface area contributed by atoms with Crippen molar-refractivity contribution in [1.82, 2.24) is 10.4 Å². The number of ether oxygens (including phenoxy) is 3. The van der Waals surface area contributed by atoms with E-state index in [9.17, 15) is 9.59 Å². The third-order valence-electron chi connectivity index (χ3n) is 4.04. The number of rotatable bonds is 8. The minimum absolute atomic E-state index is 0.300. The number of hydrogen-bond donors (Lipinski definition) is 2. The summed E-state index contributed by atoms with van der Waals surface area (Å²) >= 11 is 0. The van der Waals surface area contributed by atoms with Crippen molar-refractivity contribution in [2.45, 2.75) is 27.7 Å². The van der Waals surface area contributed by atoms with Gasteiger partial charge in [0.1, 0.15) is 0 Å². The maximum atomic E-state index is 12.3. The molecule has 0 fully saturated rings. The third kappa shape index (κ3) is 4.70. The van der Waals surface area contributed by atoms with Crippen LogP contribution >= 0.6 is 0 Å². The lowest BCUT2D eigenvalue weighted by Crippen LogP contribution is -2.17. The smallest absolute Gasteiger partial charge is 0.340 e. The van der Waals surface area contributed by atoms with Crippen molar-refractivity contribution in [3.63, 3.8) is 0 Å². The SMILES string of the molecule is CCOC(=O)c1c(C)[nH]c(/C=N/NC(=O)c2ccc(OCC)c(OC)c2)c1C. The summed E-state index contributed by atoms with van der Waals surface area (Å²) in [5.41, 5.74) is 5.32. The number of methoxy groups -OCH3 is 1. The quantitative estimate of drug-likeness (QED) is 0.412. The lowest BCUT2D eigenvalue weighted by molar-refractivity contribution is 0.0524. The highest BCUT2D eigenvalue weighted by Gasteiger charge is 2.18. The summed E-state index contributed by atoms with van der Waals surface area (Å²) in [5, 5.41) is 3.97. The van der Waals surface area contributed by atoms with Crippen LogP contribution in [0.3, 0.4) is 0 Å². The number of amides is 1. The van der Waals surface area contributed by atoms with E-state index in [4.69, 9.17) is 14.2 Å². The van der Waals surface area contributed by atoms with Crippen LogP contribution in [-0.4, -0.2) is 43.4 Å². The second-order valence-electron chi connectivity index (χ2n) is 5.88. The first kappa shape index (κ1) is 21.0. The van der Waals surface area contributed by atoms with Gasteiger partial charge < -0.3 is 19.2 Å². The normalized spacial score (nSPS) is 10.8. The van der Waals surface area contributed by atoms with Crippen molar-refractivity contribution in [1.29, 1.82) is 0 Å². The fraction of sp³-hybridized carbons (Fsp3) is 0.350. The van der Waals surface area contributed by atoms with E-state index in [0.29, 0.717) is 52.8 Å². The topological polar surface area (TPSA) is 102 Å². The Bertz CT molecular complexity index is 886. The Morgan fingerprint density at radius 2 is 1.93 bits per heavy atom. The lowest BCUT2D eigenvalue weighted by Gasteiger charge is -2.10. The maximum absolute atomic E-state index is 12.3. The Hall–Kier alpha value is -3.29. The van der Waals surface area contributed by atoms with Crippen molar-refractivity contribution >= 4 is 18.1 Å². The van der Waals surface area contributed by atoms with Crippen molar-refractivity contribution in [3.05, 3.63) is 46.3 Å². The molecule has 0 saturated heterocycles. The van der Waals surface area contributed by atoms with Crippen LogP contribution < -0.4 is 14.9 Å². The standard InChI is InChI=1S/C20H25N3O5/c1-6-27-16-9-8-14(10-17(16)26-5)19(24)23-21-11-15-12(3)18(13(4)22-15)20(25)28-7-2/h8-11,22H,6-7H2,1-5H3,(H,23,24)/b21-11+. The number of aromatic nitrogens is 1. The zero-order valence-corrected chi connectivity index (χ0v) is 16.7. The van der Waals surface area contributed by atoms with Gasteiger partial charge in [0.25, 0.3) is 5.91 Å². The number of hydrogen-bond acceptors (Lipinski definition) is 6. The molecule has 150 valence electrons. The zero-order valence-electron chi connectivity index (χ0n) is 16.7. The summed E-state index contributed by atoms with van der Waals surface area (Å²) in [6.45, 7) is 7.98. The largest absolute Gasteiger partial charge is 0.493 e. The Balaban J connectivity index is 2.12. The number of carbonyl (C=O) groups is 2. The monoisotopic (exact) mass is 387 g/mol. The van der Waals surface area contributed by atoms with Crippen molar-refractivity contribution in [3.8, 4) is 11.5 Å². The molecule has 8 nitrogen and oxygen atoms in total. The summed E-state index contributed by atoms with van der Waals surface area (Å²) in [5.74, 6) is 0.241. The van der Waals surface area contributed by atoms with Gasteiger partial charge in [-0.05, 0) is 51.5 Å². The average Bonchev–Trinajstić information content (AvgIpc) is 2.95. The molecule has 0 radical (unpaired) electrons. The first-order chi connectivity index (χ1) is 13.4. The number of benzene rings is 1. The van der Waals surface area contributed by atoms with Crippen LogP contribution in [0.1, 0.15) is 51.5 Å². The van der Waals surface area contributed by atoms with E-state index in [1.807, 2.05) is 6.92 Å². The van der Waals surface area contributed by atoms with Crippen molar-refractivity contribution < 1.29 is 23.8 Å². The van der Waals surface area contributed by atoms with Crippen LogP contribution in [0.15, 0.2) is 23.3 Å².